The number of carbonyl (C=O) groups is 2. The lowest BCUT2D eigenvalue weighted by Crippen LogP contribution is -2.51. The Labute approximate surface area is 191 Å². The summed E-state index contributed by atoms with van der Waals surface area (Å²) in [5.41, 5.74) is 0.477. The zero-order chi connectivity index (χ0) is 23.1. The van der Waals surface area contributed by atoms with Gasteiger partial charge in [-0.05, 0) is 49.9 Å². The average Bonchev–Trinajstić information content (AvgIpc) is 2.80. The topological polar surface area (TPSA) is 98.8 Å². The molecule has 1 aliphatic carbocycles. The Bertz CT molecular complexity index is 870. The second-order valence-electron chi connectivity index (χ2n) is 8.63. The van der Waals surface area contributed by atoms with Crippen molar-refractivity contribution in [3.63, 3.8) is 0 Å². The van der Waals surface area contributed by atoms with Crippen LogP contribution in [0.5, 0.6) is 0 Å². The number of nitrogens with one attached hydrogen (secondary N) is 2. The molecule has 0 atom stereocenters. The van der Waals surface area contributed by atoms with Crippen LogP contribution in [0.1, 0.15) is 69.2 Å². The maximum absolute atomic E-state index is 12.9. The largest absolute Gasteiger partial charge is 0.338 e. The molecule has 1 saturated heterocycles. The molecule has 9 heteroatoms. The third-order valence-corrected chi connectivity index (χ3v) is 8.57. The van der Waals surface area contributed by atoms with E-state index in [9.17, 15) is 18.0 Å². The van der Waals surface area contributed by atoms with Gasteiger partial charge in [0.2, 0.25) is 10.0 Å². The molecule has 2 N–H and O–H groups in total. The van der Waals surface area contributed by atoms with E-state index in [1.54, 1.807) is 30.9 Å². The summed E-state index contributed by atoms with van der Waals surface area (Å²) in [6.45, 7) is 5.54. The summed E-state index contributed by atoms with van der Waals surface area (Å²) in [6, 6.07) is 6.41. The third kappa shape index (κ3) is 6.01. The van der Waals surface area contributed by atoms with Gasteiger partial charge in [0.25, 0.3) is 5.91 Å². The molecule has 0 bridgehead atoms. The normalized spacial score (nSPS) is 18.5. The summed E-state index contributed by atoms with van der Waals surface area (Å²) >= 11 is 0. The van der Waals surface area contributed by atoms with E-state index in [0.717, 1.165) is 12.8 Å². The zero-order valence-electron chi connectivity index (χ0n) is 19.2. The fourth-order valence-electron chi connectivity index (χ4n) is 4.55. The lowest BCUT2D eigenvalue weighted by molar-refractivity contribution is 0.0708. The number of benzene rings is 1. The van der Waals surface area contributed by atoms with Crippen LogP contribution in [-0.4, -0.2) is 67.8 Å². The molecule has 1 heterocycles. The molecule has 0 spiro atoms. The van der Waals surface area contributed by atoms with Crippen LogP contribution in [0.3, 0.4) is 0 Å². The Kier molecular flexibility index (Phi) is 8.53. The van der Waals surface area contributed by atoms with Crippen molar-refractivity contribution in [2.45, 2.75) is 75.8 Å². The summed E-state index contributed by atoms with van der Waals surface area (Å²) < 4.78 is 26.6. The summed E-state index contributed by atoms with van der Waals surface area (Å²) in [5.74, 6) is -0.109. The standard InChI is InChI=1S/C23H36N4O4S/c1-3-27(4-2)32(30,31)21-12-10-18(11-13-21)22(28)26-16-14-20(15-17-26)25-23(29)24-19-8-6-5-7-9-19/h10-13,19-20H,3-9,14-17H2,1-2H3,(H2,24,25,29). The zero-order valence-corrected chi connectivity index (χ0v) is 20.0. The van der Waals surface area contributed by atoms with Gasteiger partial charge in [-0.2, -0.15) is 4.31 Å². The van der Waals surface area contributed by atoms with Crippen molar-refractivity contribution < 1.29 is 18.0 Å². The van der Waals surface area contributed by atoms with Crippen molar-refractivity contribution in [2.75, 3.05) is 26.2 Å². The summed E-state index contributed by atoms with van der Waals surface area (Å²) in [7, 11) is -3.54. The van der Waals surface area contributed by atoms with Gasteiger partial charge in [-0.15, -0.1) is 0 Å². The molecule has 0 radical (unpaired) electrons. The first kappa shape index (κ1) is 24.5. The maximum atomic E-state index is 12.9. The molecular weight excluding hydrogens is 428 g/mol. The molecule has 1 saturated carbocycles. The first-order valence-electron chi connectivity index (χ1n) is 11.8. The van der Waals surface area contributed by atoms with Crippen molar-refractivity contribution in [2.24, 2.45) is 0 Å². The highest BCUT2D eigenvalue weighted by Gasteiger charge is 2.26. The van der Waals surface area contributed by atoms with Crippen LogP contribution < -0.4 is 10.6 Å². The molecule has 2 fully saturated rings. The Hall–Kier alpha value is -2.13. The number of piperidine rings is 1. The summed E-state index contributed by atoms with van der Waals surface area (Å²) in [6.07, 6.45) is 7.11. The molecule has 1 aliphatic heterocycles. The average molecular weight is 465 g/mol. The monoisotopic (exact) mass is 464 g/mol. The Morgan fingerprint density at radius 3 is 1.97 bits per heavy atom. The molecule has 0 unspecified atom stereocenters. The van der Waals surface area contributed by atoms with E-state index < -0.39 is 10.0 Å². The van der Waals surface area contributed by atoms with Crippen LogP contribution in [-0.2, 0) is 10.0 Å². The Balaban J connectivity index is 1.50. The molecule has 178 valence electrons. The van der Waals surface area contributed by atoms with Crippen LogP contribution in [0.2, 0.25) is 0 Å². The van der Waals surface area contributed by atoms with Crippen LogP contribution in [0.15, 0.2) is 29.2 Å². The molecule has 32 heavy (non-hydrogen) atoms. The molecule has 2 aliphatic rings. The van der Waals surface area contributed by atoms with Gasteiger partial charge in [0.1, 0.15) is 0 Å². The van der Waals surface area contributed by atoms with Gasteiger partial charge in [0.15, 0.2) is 0 Å². The maximum Gasteiger partial charge on any atom is 0.315 e. The van der Waals surface area contributed by atoms with Crippen LogP contribution >= 0.6 is 0 Å². The SMILES string of the molecule is CCN(CC)S(=O)(=O)c1ccc(C(=O)N2CCC(NC(=O)NC3CCCCC3)CC2)cc1. The molecule has 1 aromatic carbocycles. The Morgan fingerprint density at radius 1 is 0.906 bits per heavy atom. The molecular formula is C23H36N4O4S. The highest BCUT2D eigenvalue weighted by molar-refractivity contribution is 7.89. The summed E-state index contributed by atoms with van der Waals surface area (Å²) in [5, 5.41) is 6.13. The van der Waals surface area contributed by atoms with Crippen molar-refractivity contribution in [1.82, 2.24) is 19.8 Å². The molecule has 3 rings (SSSR count). The van der Waals surface area contributed by atoms with Crippen molar-refractivity contribution in [1.29, 1.82) is 0 Å². The first-order valence-corrected chi connectivity index (χ1v) is 13.3. The van der Waals surface area contributed by atoms with Crippen LogP contribution in [0.25, 0.3) is 0 Å². The van der Waals surface area contributed by atoms with Crippen molar-refractivity contribution in [3.05, 3.63) is 29.8 Å². The number of amides is 3. The minimum atomic E-state index is -3.54. The van der Waals surface area contributed by atoms with E-state index in [1.165, 1.54) is 35.7 Å². The fraction of sp³-hybridized carbons (Fsp3) is 0.652. The van der Waals surface area contributed by atoms with E-state index in [2.05, 4.69) is 10.6 Å². The predicted octanol–water partition coefficient (Wildman–Crippen LogP) is 2.95. The number of likely N-dealkylation sites (tertiary alicyclic amines) is 1. The predicted molar refractivity (Wildman–Crippen MR) is 124 cm³/mol. The number of carbonyl (C=O) groups excluding carboxylic acids is 2. The van der Waals surface area contributed by atoms with Crippen molar-refractivity contribution in [3.8, 4) is 0 Å². The highest BCUT2D eigenvalue weighted by Crippen LogP contribution is 2.20. The second-order valence-corrected chi connectivity index (χ2v) is 10.6. The van der Waals surface area contributed by atoms with E-state index >= 15 is 0 Å². The van der Waals surface area contributed by atoms with E-state index in [0.29, 0.717) is 44.6 Å². The fourth-order valence-corrected chi connectivity index (χ4v) is 6.01. The van der Waals surface area contributed by atoms with E-state index in [-0.39, 0.29) is 28.9 Å². The van der Waals surface area contributed by atoms with Gasteiger partial charge in [0, 0.05) is 43.8 Å². The number of hydrogen-bond acceptors (Lipinski definition) is 4. The minimum absolute atomic E-state index is 0.0595. The number of hydrogen-bond donors (Lipinski definition) is 2. The van der Waals surface area contributed by atoms with Gasteiger partial charge < -0.3 is 15.5 Å². The molecule has 0 aromatic heterocycles. The van der Waals surface area contributed by atoms with Gasteiger partial charge in [-0.3, -0.25) is 4.79 Å². The van der Waals surface area contributed by atoms with Gasteiger partial charge in [-0.1, -0.05) is 33.1 Å². The smallest absolute Gasteiger partial charge is 0.315 e. The van der Waals surface area contributed by atoms with E-state index in [1.807, 2.05) is 0 Å². The molecule has 8 nitrogen and oxygen atoms in total. The molecule has 3 amide bonds. The quantitative estimate of drug-likeness (QED) is 0.648. The minimum Gasteiger partial charge on any atom is -0.338 e. The number of nitrogens with zero attached hydrogens (tertiary/aromatic N) is 2. The van der Waals surface area contributed by atoms with Gasteiger partial charge in [0.05, 0.1) is 4.90 Å². The lowest BCUT2D eigenvalue weighted by atomic mass is 9.96. The first-order chi connectivity index (χ1) is 15.3. The molecule has 1 aromatic rings. The van der Waals surface area contributed by atoms with Gasteiger partial charge >= 0.3 is 6.03 Å². The summed E-state index contributed by atoms with van der Waals surface area (Å²) in [4.78, 5) is 27.1. The number of rotatable bonds is 7. The highest BCUT2D eigenvalue weighted by atomic mass is 32.2. The third-order valence-electron chi connectivity index (χ3n) is 6.50. The number of sulfonamides is 1. The van der Waals surface area contributed by atoms with Gasteiger partial charge in [-0.25, -0.2) is 13.2 Å². The Morgan fingerprint density at radius 2 is 1.44 bits per heavy atom. The van der Waals surface area contributed by atoms with E-state index in [4.69, 9.17) is 0 Å². The van der Waals surface area contributed by atoms with Crippen molar-refractivity contribution >= 4 is 22.0 Å². The second kappa shape index (κ2) is 11.1. The number of urea groups is 1. The lowest BCUT2D eigenvalue weighted by Gasteiger charge is -2.33. The van der Waals surface area contributed by atoms with Crippen LogP contribution in [0, 0.1) is 0 Å². The van der Waals surface area contributed by atoms with Crippen LogP contribution in [0.4, 0.5) is 4.79 Å².